The van der Waals surface area contributed by atoms with Gasteiger partial charge in [-0.25, -0.2) is 8.78 Å². The van der Waals surface area contributed by atoms with Gasteiger partial charge in [0.2, 0.25) is 0 Å². The number of benzene rings is 4. The SMILES string of the molecule is CN1CCC(F)C1.CN1CCCC1.COc1nc(N2CC3CCC(C2)N3)c2cnc(-c3cccc4cccc(C)c34)cc2n1.COc1nc(N2CC3CCC(C2)N3)c2cnc(-c3cccc4cccc(Cl)c34)c(F)c2n1. The topological polar surface area (TPSA) is 133 Å². The van der Waals surface area contributed by atoms with Crippen molar-refractivity contribution in [1.82, 2.24) is 50.3 Å². The molecular weight excluding hydrogens is 982 g/mol. The number of ether oxygens (including phenoxy) is 2. The second kappa shape index (κ2) is 22.6. The molecular formula is C59H67ClF2N12O2. The summed E-state index contributed by atoms with van der Waals surface area (Å²) in [4.78, 5) is 36.7. The standard InChI is InChI=1S/C25H25N5O.C24H21ClFN5O.C5H10FN.C5H11N/c1-15-5-3-6-16-7-4-8-19(23(15)16)21-11-22-20(12-26-21)24(29-25(28-22)31-2)30-13-17-9-10-18(14-30)27-17;1-32-24-29-22-17(23(30-24)31-11-14-8-9-15(12-31)28-14)10-27-21(20(22)26)16-6-2-4-13-5-3-7-18(25)19(13)16;1-7-3-2-5(6)4-7;1-6-4-2-3-5-6/h3-8,11-12,17-18,27H,9-10,13-14H2,1-2H3;2-7,10,14-15,28H,8-9,11-12H2,1H3;5H,2-4H2,1H3;2-5H2,1H3. The van der Waals surface area contributed by atoms with Crippen molar-refractivity contribution < 1.29 is 18.3 Å². The van der Waals surface area contributed by atoms with Crippen LogP contribution < -0.4 is 29.9 Å². The fourth-order valence-electron chi connectivity index (χ4n) is 11.9. The molecule has 6 aliphatic rings. The third-order valence-corrected chi connectivity index (χ3v) is 16.1. The van der Waals surface area contributed by atoms with E-state index >= 15 is 4.39 Å². The fourth-order valence-corrected chi connectivity index (χ4v) is 12.2. The highest BCUT2D eigenvalue weighted by Gasteiger charge is 2.35. The second-order valence-corrected chi connectivity index (χ2v) is 21.6. The molecule has 6 fully saturated rings. The van der Waals surface area contributed by atoms with Gasteiger partial charge in [0.15, 0.2) is 5.82 Å². The summed E-state index contributed by atoms with van der Waals surface area (Å²) in [6.07, 6.45) is 11.3. The maximum Gasteiger partial charge on any atom is 0.318 e. The van der Waals surface area contributed by atoms with Crippen LogP contribution in [0.15, 0.2) is 91.3 Å². The summed E-state index contributed by atoms with van der Waals surface area (Å²) in [5.41, 5.74) is 5.19. The van der Waals surface area contributed by atoms with Crippen LogP contribution in [0.5, 0.6) is 12.0 Å². The lowest BCUT2D eigenvalue weighted by molar-refractivity contribution is 0.321. The van der Waals surface area contributed by atoms with Crippen LogP contribution in [0.25, 0.3) is 65.9 Å². The molecule has 0 aliphatic carbocycles. The number of methoxy groups -OCH3 is 2. The van der Waals surface area contributed by atoms with E-state index in [4.69, 9.17) is 31.0 Å². The molecule has 76 heavy (non-hydrogen) atoms. The van der Waals surface area contributed by atoms with Crippen molar-refractivity contribution in [3.05, 3.63) is 108 Å². The molecule has 14 nitrogen and oxygen atoms in total. The maximum atomic E-state index is 16.0. The van der Waals surface area contributed by atoms with Gasteiger partial charge in [0.25, 0.3) is 0 Å². The number of alkyl halides is 1. The number of aryl methyl sites for hydroxylation is 1. The fraction of sp³-hybridized carbons (Fsp3) is 0.424. The minimum atomic E-state index is -0.551. The van der Waals surface area contributed by atoms with E-state index in [9.17, 15) is 4.39 Å². The maximum absolute atomic E-state index is 16.0. The summed E-state index contributed by atoms with van der Waals surface area (Å²) in [7, 11) is 7.24. The van der Waals surface area contributed by atoms with Gasteiger partial charge in [-0.15, -0.1) is 0 Å². The molecule has 4 aromatic carbocycles. The van der Waals surface area contributed by atoms with Crippen molar-refractivity contribution in [3.8, 4) is 34.5 Å². The Morgan fingerprint density at radius 1 is 0.605 bits per heavy atom. The number of aromatic nitrogens is 6. The third kappa shape index (κ3) is 10.9. The number of likely N-dealkylation sites (tertiary alicyclic amines) is 2. The molecule has 4 aromatic heterocycles. The number of halogens is 3. The summed E-state index contributed by atoms with van der Waals surface area (Å²) < 4.78 is 38.9. The highest BCUT2D eigenvalue weighted by molar-refractivity contribution is 6.36. The summed E-state index contributed by atoms with van der Waals surface area (Å²) >= 11 is 6.48. The molecule has 0 amide bonds. The number of rotatable bonds is 6. The predicted molar refractivity (Wildman–Crippen MR) is 301 cm³/mol. The van der Waals surface area contributed by atoms with Gasteiger partial charge in [0, 0.05) is 97.4 Å². The van der Waals surface area contributed by atoms with Crippen molar-refractivity contribution in [2.24, 2.45) is 0 Å². The van der Waals surface area contributed by atoms with Crippen molar-refractivity contribution in [3.63, 3.8) is 0 Å². The molecule has 396 valence electrons. The predicted octanol–water partition coefficient (Wildman–Crippen LogP) is 10.1. The molecule has 6 saturated heterocycles. The molecule has 10 heterocycles. The van der Waals surface area contributed by atoms with E-state index in [1.807, 2.05) is 48.5 Å². The lowest BCUT2D eigenvalue weighted by atomic mass is 9.97. The van der Waals surface area contributed by atoms with Crippen LogP contribution in [-0.4, -0.2) is 151 Å². The Kier molecular flexibility index (Phi) is 15.4. The number of fused-ring (bicyclic) bond motifs is 8. The summed E-state index contributed by atoms with van der Waals surface area (Å²) in [5, 5.41) is 13.6. The minimum Gasteiger partial charge on any atom is -0.467 e. The van der Waals surface area contributed by atoms with Crippen LogP contribution in [-0.2, 0) is 0 Å². The zero-order valence-electron chi connectivity index (χ0n) is 44.1. The van der Waals surface area contributed by atoms with Crippen LogP contribution in [0, 0.1) is 12.7 Å². The van der Waals surface area contributed by atoms with Crippen LogP contribution in [0.1, 0.15) is 50.5 Å². The van der Waals surface area contributed by atoms with Crippen molar-refractivity contribution in [2.75, 3.05) is 90.5 Å². The van der Waals surface area contributed by atoms with Crippen LogP contribution in [0.2, 0.25) is 5.02 Å². The number of nitrogens with one attached hydrogen (secondary N) is 2. The molecule has 6 aliphatic heterocycles. The van der Waals surface area contributed by atoms with Gasteiger partial charge in [-0.1, -0.05) is 78.3 Å². The minimum absolute atomic E-state index is 0.144. The number of hydrogen-bond donors (Lipinski definition) is 2. The van der Waals surface area contributed by atoms with Gasteiger partial charge in [0.05, 0.1) is 36.2 Å². The Hall–Kier alpha value is -6.43. The van der Waals surface area contributed by atoms with Gasteiger partial charge in [-0.3, -0.25) is 9.97 Å². The average Bonchev–Trinajstić information content (AvgIpc) is 4.31. The highest BCUT2D eigenvalue weighted by atomic mass is 35.5. The van der Waals surface area contributed by atoms with Gasteiger partial charge in [0.1, 0.15) is 29.0 Å². The first-order chi connectivity index (χ1) is 37.0. The first-order valence-corrected chi connectivity index (χ1v) is 27.2. The van der Waals surface area contributed by atoms with E-state index in [0.717, 1.165) is 90.7 Å². The lowest BCUT2D eigenvalue weighted by Gasteiger charge is -2.34. The molecule has 0 spiro atoms. The van der Waals surface area contributed by atoms with Gasteiger partial charge < -0.3 is 39.7 Å². The molecule has 0 radical (unpaired) electrons. The molecule has 0 saturated carbocycles. The van der Waals surface area contributed by atoms with Crippen molar-refractivity contribution in [2.45, 2.75) is 82.2 Å². The van der Waals surface area contributed by atoms with E-state index in [2.05, 4.69) is 102 Å². The quantitative estimate of drug-likeness (QED) is 0.164. The van der Waals surface area contributed by atoms with Crippen molar-refractivity contribution in [1.29, 1.82) is 0 Å². The first-order valence-electron chi connectivity index (χ1n) is 26.8. The normalized spacial score (nSPS) is 22.1. The molecule has 14 rings (SSSR count). The molecule has 4 bridgehead atoms. The Balaban J connectivity index is 0.000000131. The van der Waals surface area contributed by atoms with E-state index in [1.165, 1.54) is 62.2 Å². The van der Waals surface area contributed by atoms with Crippen molar-refractivity contribution >= 4 is 66.6 Å². The summed E-state index contributed by atoms with van der Waals surface area (Å²) in [5.74, 6) is 1.09. The third-order valence-electron chi connectivity index (χ3n) is 15.7. The van der Waals surface area contributed by atoms with E-state index in [1.54, 1.807) is 19.4 Å². The zero-order chi connectivity index (χ0) is 52.5. The molecule has 5 unspecified atom stereocenters. The molecule has 17 heteroatoms. The van der Waals surface area contributed by atoms with E-state index in [-0.39, 0.29) is 17.2 Å². The summed E-state index contributed by atoms with van der Waals surface area (Å²) in [6, 6.07) is 28.6. The molecule has 5 atom stereocenters. The zero-order valence-corrected chi connectivity index (χ0v) is 44.8. The smallest absolute Gasteiger partial charge is 0.318 e. The molecule has 8 aromatic rings. The first kappa shape index (κ1) is 51.7. The molecule has 2 N–H and O–H groups in total. The van der Waals surface area contributed by atoms with Gasteiger partial charge in [-0.2, -0.15) is 19.9 Å². The van der Waals surface area contributed by atoms with Crippen LogP contribution in [0.3, 0.4) is 0 Å². The lowest BCUT2D eigenvalue weighted by Crippen LogP contribution is -2.51. The Labute approximate surface area is 448 Å². The van der Waals surface area contributed by atoms with Crippen LogP contribution in [0.4, 0.5) is 20.4 Å². The number of hydrogen-bond acceptors (Lipinski definition) is 14. The number of piperazine rings is 2. The number of pyridine rings is 2. The van der Waals surface area contributed by atoms with E-state index < -0.39 is 12.0 Å². The number of nitrogens with zero attached hydrogens (tertiary/aromatic N) is 10. The Morgan fingerprint density at radius 3 is 1.71 bits per heavy atom. The second-order valence-electron chi connectivity index (χ2n) is 21.2. The van der Waals surface area contributed by atoms with Gasteiger partial charge >= 0.3 is 12.0 Å². The van der Waals surface area contributed by atoms with Crippen LogP contribution >= 0.6 is 11.6 Å². The highest BCUT2D eigenvalue weighted by Crippen LogP contribution is 2.39. The largest absolute Gasteiger partial charge is 0.467 e. The average molecular weight is 1050 g/mol. The Morgan fingerprint density at radius 2 is 1.16 bits per heavy atom. The monoisotopic (exact) mass is 1050 g/mol. The van der Waals surface area contributed by atoms with Gasteiger partial charge in [-0.05, 0) is 113 Å². The van der Waals surface area contributed by atoms with E-state index in [0.29, 0.717) is 58.5 Å². The summed E-state index contributed by atoms with van der Waals surface area (Å²) in [6.45, 7) is 9.89. The Bertz CT molecular complexity index is 3340. The number of anilines is 2.